The molecule has 0 fully saturated rings. The molecule has 1 N–H and O–H groups in total. The van der Waals surface area contributed by atoms with Gasteiger partial charge in [0.05, 0.1) is 5.56 Å². The highest BCUT2D eigenvalue weighted by Gasteiger charge is 2.12. The number of carbonyl (C=O) groups is 1. The highest BCUT2D eigenvalue weighted by atomic mass is 127. The fourth-order valence-corrected chi connectivity index (χ4v) is 3.42. The number of fused-ring (bicyclic) bond motifs is 1. The summed E-state index contributed by atoms with van der Waals surface area (Å²) in [6.45, 7) is 0. The average Bonchev–Trinajstić information content (AvgIpc) is 3.05. The minimum atomic E-state index is -0.159. The summed E-state index contributed by atoms with van der Waals surface area (Å²) < 4.78 is 6.69. The number of rotatable bonds is 3. The number of carbonyl (C=O) groups excluding carboxylic acids is 1. The molecule has 0 bridgehead atoms. The van der Waals surface area contributed by atoms with E-state index in [-0.39, 0.29) is 5.91 Å². The molecule has 1 heterocycles. The predicted molar refractivity (Wildman–Crippen MR) is 112 cm³/mol. The van der Waals surface area contributed by atoms with Gasteiger partial charge in [0.25, 0.3) is 5.91 Å². The van der Waals surface area contributed by atoms with Gasteiger partial charge in [-0.05, 0) is 71.1 Å². The average molecular weight is 475 g/mol. The molecule has 0 saturated carbocycles. The van der Waals surface area contributed by atoms with Crippen molar-refractivity contribution in [2.75, 3.05) is 5.32 Å². The molecule has 0 radical (unpaired) electrons. The highest BCUT2D eigenvalue weighted by molar-refractivity contribution is 14.1. The van der Waals surface area contributed by atoms with Crippen LogP contribution in [0.25, 0.3) is 22.6 Å². The summed E-state index contributed by atoms with van der Waals surface area (Å²) in [7, 11) is 0. The molecular formula is C20H12ClIN2O2. The Bertz CT molecular complexity index is 1120. The Hall–Kier alpha value is -2.38. The molecule has 26 heavy (non-hydrogen) atoms. The van der Waals surface area contributed by atoms with Gasteiger partial charge >= 0.3 is 0 Å². The SMILES string of the molecule is O=C(Nc1ccc2oc(-c3cccc(Cl)c3)nc2c1)c1ccccc1I. The summed E-state index contributed by atoms with van der Waals surface area (Å²) in [5, 5.41) is 3.52. The smallest absolute Gasteiger partial charge is 0.256 e. The van der Waals surface area contributed by atoms with Gasteiger partial charge in [-0.15, -0.1) is 0 Å². The van der Waals surface area contributed by atoms with Crippen LogP contribution in [0.5, 0.6) is 0 Å². The maximum absolute atomic E-state index is 12.5. The fourth-order valence-electron chi connectivity index (χ4n) is 2.59. The first-order valence-electron chi connectivity index (χ1n) is 7.82. The zero-order valence-corrected chi connectivity index (χ0v) is 16.3. The molecule has 1 amide bonds. The van der Waals surface area contributed by atoms with Crippen LogP contribution in [0.1, 0.15) is 10.4 Å². The fraction of sp³-hybridized carbons (Fsp3) is 0. The second kappa shape index (κ2) is 7.09. The van der Waals surface area contributed by atoms with Crippen molar-refractivity contribution in [3.63, 3.8) is 0 Å². The second-order valence-electron chi connectivity index (χ2n) is 5.65. The molecule has 4 nitrogen and oxygen atoms in total. The van der Waals surface area contributed by atoms with E-state index in [1.807, 2.05) is 30.3 Å². The molecule has 128 valence electrons. The summed E-state index contributed by atoms with van der Waals surface area (Å²) in [5.74, 6) is 0.330. The van der Waals surface area contributed by atoms with Crippen LogP contribution in [0.2, 0.25) is 5.02 Å². The molecule has 4 aromatic rings. The van der Waals surface area contributed by atoms with Gasteiger partial charge < -0.3 is 9.73 Å². The third-order valence-corrected chi connectivity index (χ3v) is 5.01. The van der Waals surface area contributed by atoms with E-state index in [9.17, 15) is 4.79 Å². The first kappa shape index (κ1) is 17.1. The van der Waals surface area contributed by atoms with Crippen molar-refractivity contribution in [3.05, 3.63) is 80.9 Å². The van der Waals surface area contributed by atoms with E-state index in [0.29, 0.717) is 33.3 Å². The first-order valence-corrected chi connectivity index (χ1v) is 9.28. The van der Waals surface area contributed by atoms with Crippen LogP contribution in [-0.4, -0.2) is 10.9 Å². The third kappa shape index (κ3) is 3.45. The van der Waals surface area contributed by atoms with Gasteiger partial charge in [-0.3, -0.25) is 4.79 Å². The van der Waals surface area contributed by atoms with Gasteiger partial charge in [0.2, 0.25) is 5.89 Å². The van der Waals surface area contributed by atoms with Crippen LogP contribution < -0.4 is 5.32 Å². The number of nitrogens with one attached hydrogen (secondary N) is 1. The molecule has 0 atom stereocenters. The Kier molecular flexibility index (Phi) is 4.65. The van der Waals surface area contributed by atoms with Crippen LogP contribution >= 0.6 is 34.2 Å². The number of hydrogen-bond donors (Lipinski definition) is 1. The normalized spacial score (nSPS) is 10.8. The summed E-state index contributed by atoms with van der Waals surface area (Å²) in [6, 6.07) is 20.1. The lowest BCUT2D eigenvalue weighted by molar-refractivity contribution is 0.102. The predicted octanol–water partition coefficient (Wildman–Crippen LogP) is 6.01. The number of benzene rings is 3. The largest absolute Gasteiger partial charge is 0.436 e. The summed E-state index contributed by atoms with van der Waals surface area (Å²) in [6.07, 6.45) is 0. The molecule has 4 rings (SSSR count). The zero-order chi connectivity index (χ0) is 18.1. The van der Waals surface area contributed by atoms with E-state index in [1.54, 1.807) is 36.4 Å². The lowest BCUT2D eigenvalue weighted by atomic mass is 10.2. The Morgan fingerprint density at radius 1 is 1.04 bits per heavy atom. The molecule has 0 aliphatic rings. The van der Waals surface area contributed by atoms with Crippen molar-refractivity contribution >= 4 is 56.9 Å². The van der Waals surface area contributed by atoms with E-state index < -0.39 is 0 Å². The number of hydrogen-bond acceptors (Lipinski definition) is 3. The van der Waals surface area contributed by atoms with Crippen LogP contribution in [0.3, 0.4) is 0 Å². The molecule has 0 aliphatic carbocycles. The monoisotopic (exact) mass is 474 g/mol. The Labute approximate surface area is 168 Å². The Balaban J connectivity index is 1.64. The standard InChI is InChI=1S/C20H12ClIN2O2/c21-13-5-3-4-12(10-13)20-24-17-11-14(8-9-18(17)26-20)23-19(25)15-6-1-2-7-16(15)22/h1-11H,(H,23,25). The van der Waals surface area contributed by atoms with Crippen LogP contribution in [-0.2, 0) is 0 Å². The van der Waals surface area contributed by atoms with E-state index >= 15 is 0 Å². The number of nitrogens with zero attached hydrogens (tertiary/aromatic N) is 1. The van der Waals surface area contributed by atoms with Crippen molar-refractivity contribution < 1.29 is 9.21 Å². The van der Waals surface area contributed by atoms with Crippen LogP contribution in [0.15, 0.2) is 71.1 Å². The molecular weight excluding hydrogens is 463 g/mol. The van der Waals surface area contributed by atoms with Gasteiger partial charge in [-0.2, -0.15) is 0 Å². The van der Waals surface area contributed by atoms with Gasteiger partial charge in [-0.25, -0.2) is 4.98 Å². The molecule has 0 unspecified atom stereocenters. The zero-order valence-electron chi connectivity index (χ0n) is 13.4. The topological polar surface area (TPSA) is 55.1 Å². The molecule has 1 aromatic heterocycles. The van der Waals surface area contributed by atoms with E-state index in [1.165, 1.54) is 0 Å². The lowest BCUT2D eigenvalue weighted by Gasteiger charge is -2.06. The Morgan fingerprint density at radius 2 is 1.88 bits per heavy atom. The highest BCUT2D eigenvalue weighted by Crippen LogP contribution is 2.28. The van der Waals surface area contributed by atoms with Crippen molar-refractivity contribution in [2.24, 2.45) is 0 Å². The van der Waals surface area contributed by atoms with Gasteiger partial charge in [0.15, 0.2) is 5.58 Å². The van der Waals surface area contributed by atoms with E-state index in [4.69, 9.17) is 16.0 Å². The molecule has 6 heteroatoms. The number of anilines is 1. The van der Waals surface area contributed by atoms with Crippen LogP contribution in [0.4, 0.5) is 5.69 Å². The van der Waals surface area contributed by atoms with E-state index in [2.05, 4.69) is 32.9 Å². The summed E-state index contributed by atoms with van der Waals surface area (Å²) >= 11 is 8.18. The van der Waals surface area contributed by atoms with Crippen LogP contribution in [0, 0.1) is 3.57 Å². The molecule has 0 aliphatic heterocycles. The van der Waals surface area contributed by atoms with Crippen molar-refractivity contribution in [2.45, 2.75) is 0 Å². The quantitative estimate of drug-likeness (QED) is 0.370. The first-order chi connectivity index (χ1) is 12.6. The van der Waals surface area contributed by atoms with Crippen molar-refractivity contribution in [3.8, 4) is 11.5 Å². The maximum atomic E-state index is 12.5. The van der Waals surface area contributed by atoms with Gasteiger partial charge in [-0.1, -0.05) is 29.8 Å². The van der Waals surface area contributed by atoms with Crippen molar-refractivity contribution in [1.29, 1.82) is 0 Å². The lowest BCUT2D eigenvalue weighted by Crippen LogP contribution is -2.13. The van der Waals surface area contributed by atoms with E-state index in [0.717, 1.165) is 9.13 Å². The second-order valence-corrected chi connectivity index (χ2v) is 7.24. The third-order valence-electron chi connectivity index (χ3n) is 3.84. The van der Waals surface area contributed by atoms with Gasteiger partial charge in [0.1, 0.15) is 5.52 Å². The minimum absolute atomic E-state index is 0.159. The number of halogens is 2. The molecule has 0 spiro atoms. The molecule has 3 aromatic carbocycles. The number of oxazole rings is 1. The maximum Gasteiger partial charge on any atom is 0.256 e. The number of amides is 1. The minimum Gasteiger partial charge on any atom is -0.436 e. The van der Waals surface area contributed by atoms with Gasteiger partial charge in [0, 0.05) is 19.8 Å². The summed E-state index contributed by atoms with van der Waals surface area (Å²) in [5.41, 5.74) is 3.41. The summed E-state index contributed by atoms with van der Waals surface area (Å²) in [4.78, 5) is 17.0. The Morgan fingerprint density at radius 3 is 2.69 bits per heavy atom. The number of aromatic nitrogens is 1. The van der Waals surface area contributed by atoms with Crippen molar-refractivity contribution in [1.82, 2.24) is 4.98 Å². The molecule has 0 saturated heterocycles.